The standard InChI is InChI=1S/C23H25BrClN3O/c1-17(24)16-28-21-12-7-6-11-20(21)27-22(28)13-3-2-8-14-26-23(29)15-18-9-4-5-10-19(18)25/h4-7,9-12H,1-3,8,13-16H2,(H,26,29). The summed E-state index contributed by atoms with van der Waals surface area (Å²) >= 11 is 9.57. The fourth-order valence-electron chi connectivity index (χ4n) is 3.35. The summed E-state index contributed by atoms with van der Waals surface area (Å²) in [5, 5.41) is 3.62. The molecule has 0 spiro atoms. The second-order valence-electron chi connectivity index (χ2n) is 7.05. The number of nitrogens with one attached hydrogen (secondary N) is 1. The van der Waals surface area contributed by atoms with Crippen molar-refractivity contribution in [1.29, 1.82) is 0 Å². The second-order valence-corrected chi connectivity index (χ2v) is 8.58. The van der Waals surface area contributed by atoms with Gasteiger partial charge in [0.1, 0.15) is 5.82 Å². The van der Waals surface area contributed by atoms with E-state index in [4.69, 9.17) is 16.6 Å². The Balaban J connectivity index is 1.43. The van der Waals surface area contributed by atoms with E-state index in [-0.39, 0.29) is 5.91 Å². The number of aryl methyl sites for hydroxylation is 1. The van der Waals surface area contributed by atoms with Crippen LogP contribution in [0.5, 0.6) is 0 Å². The minimum atomic E-state index is 0.00993. The van der Waals surface area contributed by atoms with Crippen molar-refractivity contribution in [2.75, 3.05) is 6.54 Å². The van der Waals surface area contributed by atoms with E-state index in [0.29, 0.717) is 24.5 Å². The Hall–Kier alpha value is -2.11. The van der Waals surface area contributed by atoms with Crippen LogP contribution in [0.1, 0.15) is 30.7 Å². The monoisotopic (exact) mass is 473 g/mol. The first-order chi connectivity index (χ1) is 14.0. The molecule has 0 saturated carbocycles. The van der Waals surface area contributed by atoms with Crippen molar-refractivity contribution in [3.8, 4) is 0 Å². The molecule has 0 saturated heterocycles. The van der Waals surface area contributed by atoms with E-state index >= 15 is 0 Å². The molecule has 1 amide bonds. The van der Waals surface area contributed by atoms with Crippen molar-refractivity contribution in [3.05, 3.63) is 76.0 Å². The molecule has 0 radical (unpaired) electrons. The van der Waals surface area contributed by atoms with Crippen LogP contribution in [0.2, 0.25) is 5.02 Å². The maximum Gasteiger partial charge on any atom is 0.224 e. The first kappa shape index (κ1) is 21.6. The predicted octanol–water partition coefficient (Wildman–Crippen LogP) is 5.67. The van der Waals surface area contributed by atoms with Crippen LogP contribution in [-0.4, -0.2) is 22.0 Å². The summed E-state index contributed by atoms with van der Waals surface area (Å²) in [6, 6.07) is 15.6. The summed E-state index contributed by atoms with van der Waals surface area (Å²) in [7, 11) is 0. The molecule has 1 N–H and O–H groups in total. The molecule has 2 aromatic carbocycles. The molecular weight excluding hydrogens is 450 g/mol. The predicted molar refractivity (Wildman–Crippen MR) is 124 cm³/mol. The van der Waals surface area contributed by atoms with E-state index in [1.807, 2.05) is 42.5 Å². The van der Waals surface area contributed by atoms with Crippen LogP contribution in [0.25, 0.3) is 11.0 Å². The summed E-state index contributed by atoms with van der Waals surface area (Å²) in [6.07, 6.45) is 4.23. The fraction of sp³-hybridized carbons (Fsp3) is 0.304. The average Bonchev–Trinajstić information content (AvgIpc) is 3.03. The molecular formula is C23H25BrClN3O. The van der Waals surface area contributed by atoms with Gasteiger partial charge in [-0.2, -0.15) is 0 Å². The molecule has 0 aliphatic carbocycles. The van der Waals surface area contributed by atoms with E-state index in [2.05, 4.69) is 38.5 Å². The van der Waals surface area contributed by atoms with Gasteiger partial charge < -0.3 is 9.88 Å². The van der Waals surface area contributed by atoms with Gasteiger partial charge in [0.05, 0.1) is 24.0 Å². The molecule has 3 aromatic rings. The number of carbonyl (C=O) groups excluding carboxylic acids is 1. The maximum atomic E-state index is 12.1. The van der Waals surface area contributed by atoms with Gasteiger partial charge in [-0.25, -0.2) is 4.98 Å². The number of rotatable bonds is 10. The third kappa shape index (κ3) is 6.18. The van der Waals surface area contributed by atoms with Crippen molar-refractivity contribution in [2.45, 2.75) is 38.6 Å². The van der Waals surface area contributed by atoms with Gasteiger partial charge in [0.2, 0.25) is 5.91 Å². The zero-order chi connectivity index (χ0) is 20.6. The topological polar surface area (TPSA) is 46.9 Å². The Morgan fingerprint density at radius 1 is 1.10 bits per heavy atom. The number of amides is 1. The quantitative estimate of drug-likeness (QED) is 0.385. The highest BCUT2D eigenvalue weighted by Crippen LogP contribution is 2.20. The van der Waals surface area contributed by atoms with Crippen LogP contribution < -0.4 is 5.32 Å². The number of hydrogen-bond donors (Lipinski definition) is 1. The van der Waals surface area contributed by atoms with Crippen molar-refractivity contribution in [1.82, 2.24) is 14.9 Å². The van der Waals surface area contributed by atoms with E-state index in [1.165, 1.54) is 0 Å². The number of aromatic nitrogens is 2. The van der Waals surface area contributed by atoms with Gasteiger partial charge in [0.15, 0.2) is 0 Å². The Kier molecular flexibility index (Phi) is 7.90. The number of hydrogen-bond acceptors (Lipinski definition) is 2. The second kappa shape index (κ2) is 10.6. The minimum absolute atomic E-state index is 0.00993. The van der Waals surface area contributed by atoms with Crippen LogP contribution in [0, 0.1) is 0 Å². The number of halogens is 2. The lowest BCUT2D eigenvalue weighted by atomic mass is 10.1. The smallest absolute Gasteiger partial charge is 0.224 e. The Morgan fingerprint density at radius 3 is 2.66 bits per heavy atom. The number of imidazole rings is 1. The Labute approximate surface area is 185 Å². The van der Waals surface area contributed by atoms with Crippen LogP contribution in [0.15, 0.2) is 59.6 Å². The zero-order valence-corrected chi connectivity index (χ0v) is 18.7. The summed E-state index contributed by atoms with van der Waals surface area (Å²) in [6.45, 7) is 5.36. The molecule has 3 rings (SSSR count). The molecule has 0 bridgehead atoms. The van der Waals surface area contributed by atoms with Gasteiger partial charge in [-0.3, -0.25) is 4.79 Å². The number of para-hydroxylation sites is 2. The first-order valence-corrected chi connectivity index (χ1v) is 11.0. The van der Waals surface area contributed by atoms with Gasteiger partial charge >= 0.3 is 0 Å². The summed E-state index contributed by atoms with van der Waals surface area (Å²) < 4.78 is 3.15. The zero-order valence-electron chi connectivity index (χ0n) is 16.3. The van der Waals surface area contributed by atoms with Gasteiger partial charge in [-0.1, -0.05) is 70.9 Å². The molecule has 0 fully saturated rings. The highest BCUT2D eigenvalue weighted by atomic mass is 79.9. The maximum absolute atomic E-state index is 12.1. The van der Waals surface area contributed by atoms with E-state index < -0.39 is 0 Å². The SMILES string of the molecule is C=C(Br)Cn1c(CCCCCNC(=O)Cc2ccccc2Cl)nc2ccccc21. The number of allylic oxidation sites excluding steroid dienone is 1. The number of carbonyl (C=O) groups is 1. The fourth-order valence-corrected chi connectivity index (χ4v) is 3.81. The average molecular weight is 475 g/mol. The largest absolute Gasteiger partial charge is 0.356 e. The number of benzene rings is 2. The molecule has 0 atom stereocenters. The van der Waals surface area contributed by atoms with Crippen LogP contribution >= 0.6 is 27.5 Å². The highest BCUT2D eigenvalue weighted by molar-refractivity contribution is 9.11. The molecule has 1 aromatic heterocycles. The number of fused-ring (bicyclic) bond motifs is 1. The third-order valence-electron chi connectivity index (χ3n) is 4.77. The molecule has 4 nitrogen and oxygen atoms in total. The summed E-state index contributed by atoms with van der Waals surface area (Å²) in [5.41, 5.74) is 3.01. The van der Waals surface area contributed by atoms with Crippen LogP contribution in [-0.2, 0) is 24.2 Å². The Bertz CT molecular complexity index is 999. The lowest BCUT2D eigenvalue weighted by Gasteiger charge is -2.09. The normalized spacial score (nSPS) is 11.0. The van der Waals surface area contributed by atoms with Gasteiger partial charge in [-0.15, -0.1) is 0 Å². The highest BCUT2D eigenvalue weighted by Gasteiger charge is 2.10. The van der Waals surface area contributed by atoms with Crippen molar-refractivity contribution in [2.24, 2.45) is 0 Å². The molecule has 152 valence electrons. The number of unbranched alkanes of at least 4 members (excludes halogenated alkanes) is 2. The van der Waals surface area contributed by atoms with E-state index in [1.54, 1.807) is 0 Å². The molecule has 29 heavy (non-hydrogen) atoms. The lowest BCUT2D eigenvalue weighted by molar-refractivity contribution is -0.120. The molecule has 0 unspecified atom stereocenters. The molecule has 0 aliphatic heterocycles. The summed E-state index contributed by atoms with van der Waals surface area (Å²) in [5.74, 6) is 1.09. The Morgan fingerprint density at radius 2 is 1.86 bits per heavy atom. The van der Waals surface area contributed by atoms with Crippen molar-refractivity contribution < 1.29 is 4.79 Å². The molecule has 0 aliphatic rings. The minimum Gasteiger partial charge on any atom is -0.356 e. The summed E-state index contributed by atoms with van der Waals surface area (Å²) in [4.78, 5) is 16.9. The van der Waals surface area contributed by atoms with Crippen molar-refractivity contribution in [3.63, 3.8) is 0 Å². The molecule has 6 heteroatoms. The third-order valence-corrected chi connectivity index (χ3v) is 5.39. The van der Waals surface area contributed by atoms with Crippen molar-refractivity contribution >= 4 is 44.5 Å². The number of nitrogens with zero attached hydrogens (tertiary/aromatic N) is 2. The molecule has 1 heterocycles. The van der Waals surface area contributed by atoms with Gasteiger partial charge in [0.25, 0.3) is 0 Å². The lowest BCUT2D eigenvalue weighted by Crippen LogP contribution is -2.26. The van der Waals surface area contributed by atoms with Gasteiger partial charge in [0, 0.05) is 22.5 Å². The van der Waals surface area contributed by atoms with Crippen LogP contribution in [0.4, 0.5) is 0 Å². The van der Waals surface area contributed by atoms with E-state index in [9.17, 15) is 4.79 Å². The van der Waals surface area contributed by atoms with Crippen LogP contribution in [0.3, 0.4) is 0 Å². The van der Waals surface area contributed by atoms with Gasteiger partial charge in [-0.05, 0) is 36.6 Å². The van der Waals surface area contributed by atoms with E-state index in [0.717, 1.165) is 52.6 Å². The first-order valence-electron chi connectivity index (χ1n) is 9.82.